The van der Waals surface area contributed by atoms with Crippen LogP contribution >= 0.6 is 12.6 Å². The van der Waals surface area contributed by atoms with Crippen LogP contribution < -0.4 is 10.6 Å². The van der Waals surface area contributed by atoms with Gasteiger partial charge in [-0.25, -0.2) is 0 Å². The Balaban J connectivity index is 1.70. The second kappa shape index (κ2) is 9.19. The molecule has 0 amide bonds. The van der Waals surface area contributed by atoms with E-state index in [1.165, 1.54) is 12.1 Å². The zero-order valence-electron chi connectivity index (χ0n) is 19.9. The van der Waals surface area contributed by atoms with E-state index in [4.69, 9.17) is 0 Å². The molecule has 0 aromatic heterocycles. The van der Waals surface area contributed by atoms with Crippen LogP contribution in [0.1, 0.15) is 43.0 Å². The van der Waals surface area contributed by atoms with Crippen molar-refractivity contribution < 1.29 is 22.6 Å². The van der Waals surface area contributed by atoms with Crippen LogP contribution in [0.3, 0.4) is 0 Å². The summed E-state index contributed by atoms with van der Waals surface area (Å²) < 4.78 is 33.9. The number of fused-ring (bicyclic) bond motifs is 2. The molecule has 0 unspecified atom stereocenters. The van der Waals surface area contributed by atoms with E-state index in [-0.39, 0.29) is 50.1 Å². The number of nitrogens with one attached hydrogen (secondary N) is 2. The van der Waals surface area contributed by atoms with Crippen LogP contribution in [0.5, 0.6) is 0 Å². The lowest BCUT2D eigenvalue weighted by Crippen LogP contribution is -2.23. The Morgan fingerprint density at radius 1 is 0.676 bits per heavy atom. The van der Waals surface area contributed by atoms with E-state index >= 15 is 0 Å². The van der Waals surface area contributed by atoms with Crippen molar-refractivity contribution in [2.24, 2.45) is 0 Å². The van der Waals surface area contributed by atoms with Gasteiger partial charge in [-0.15, -0.1) is 12.6 Å². The molecule has 7 nitrogen and oxygen atoms in total. The SMILES string of the molecule is Cc1ccc(Nc2ccc(Nc3ccc(C)cc3S(=O)(=O)O)c3c2C(=O)c2ccccc2C3=O)c(S)c1. The molecule has 0 spiro atoms. The van der Waals surface area contributed by atoms with Gasteiger partial charge in [0.05, 0.1) is 33.9 Å². The lowest BCUT2D eigenvalue weighted by molar-refractivity contribution is 0.0980. The number of benzene rings is 4. The Morgan fingerprint density at radius 2 is 1.14 bits per heavy atom. The van der Waals surface area contributed by atoms with Gasteiger partial charge in [-0.05, 0) is 61.4 Å². The number of carbonyl (C=O) groups excluding carboxylic acids is 2. The zero-order chi connectivity index (χ0) is 26.5. The topological polar surface area (TPSA) is 113 Å². The molecule has 4 aromatic carbocycles. The Kier molecular flexibility index (Phi) is 6.15. The first-order chi connectivity index (χ1) is 17.5. The van der Waals surface area contributed by atoms with E-state index in [0.29, 0.717) is 21.8 Å². The monoisotopic (exact) mass is 530 g/mol. The van der Waals surface area contributed by atoms with Gasteiger partial charge in [0.1, 0.15) is 4.90 Å². The highest BCUT2D eigenvalue weighted by Gasteiger charge is 2.34. The summed E-state index contributed by atoms with van der Waals surface area (Å²) in [4.78, 5) is 27.8. The molecule has 0 saturated heterocycles. The fourth-order valence-corrected chi connectivity index (χ4v) is 5.48. The Hall–Kier alpha value is -3.92. The minimum absolute atomic E-state index is 0.0753. The Morgan fingerprint density at radius 3 is 1.65 bits per heavy atom. The normalized spacial score (nSPS) is 12.6. The van der Waals surface area contributed by atoms with Gasteiger partial charge in [-0.2, -0.15) is 8.42 Å². The third kappa shape index (κ3) is 4.53. The molecule has 0 heterocycles. The predicted molar refractivity (Wildman–Crippen MR) is 146 cm³/mol. The lowest BCUT2D eigenvalue weighted by Gasteiger charge is -2.24. The minimum Gasteiger partial charge on any atom is -0.354 e. The number of carbonyl (C=O) groups is 2. The first-order valence-electron chi connectivity index (χ1n) is 11.3. The first-order valence-corrected chi connectivity index (χ1v) is 13.2. The highest BCUT2D eigenvalue weighted by molar-refractivity contribution is 7.86. The molecule has 0 atom stereocenters. The van der Waals surface area contributed by atoms with Gasteiger partial charge in [0.25, 0.3) is 10.1 Å². The summed E-state index contributed by atoms with van der Waals surface area (Å²) in [5, 5.41) is 6.20. The second-order valence-electron chi connectivity index (χ2n) is 8.86. The van der Waals surface area contributed by atoms with Crippen LogP contribution in [0, 0.1) is 13.8 Å². The van der Waals surface area contributed by atoms with E-state index in [1.54, 1.807) is 49.4 Å². The molecule has 0 saturated carbocycles. The molecule has 1 aliphatic rings. The minimum atomic E-state index is -4.56. The Labute approximate surface area is 219 Å². The van der Waals surface area contributed by atoms with Crippen molar-refractivity contribution in [2.45, 2.75) is 23.6 Å². The molecule has 37 heavy (non-hydrogen) atoms. The molecular formula is C28H22N2O5S2. The van der Waals surface area contributed by atoms with Gasteiger partial charge < -0.3 is 10.6 Å². The average Bonchev–Trinajstić information content (AvgIpc) is 2.85. The molecule has 0 fully saturated rings. The second-order valence-corrected chi connectivity index (χ2v) is 10.7. The third-order valence-electron chi connectivity index (χ3n) is 6.18. The summed E-state index contributed by atoms with van der Waals surface area (Å²) in [5.74, 6) is -0.727. The van der Waals surface area contributed by atoms with Crippen molar-refractivity contribution in [1.82, 2.24) is 0 Å². The highest BCUT2D eigenvalue weighted by atomic mass is 32.2. The van der Waals surface area contributed by atoms with Gasteiger partial charge in [-0.3, -0.25) is 14.1 Å². The van der Waals surface area contributed by atoms with Crippen LogP contribution in [-0.4, -0.2) is 24.5 Å². The summed E-state index contributed by atoms with van der Waals surface area (Å²) in [6.07, 6.45) is 0. The zero-order valence-corrected chi connectivity index (χ0v) is 21.6. The summed E-state index contributed by atoms with van der Waals surface area (Å²) in [6, 6.07) is 19.9. The maximum atomic E-state index is 13.7. The van der Waals surface area contributed by atoms with Crippen molar-refractivity contribution in [1.29, 1.82) is 0 Å². The molecule has 1 aliphatic carbocycles. The van der Waals surface area contributed by atoms with E-state index in [9.17, 15) is 22.6 Å². The van der Waals surface area contributed by atoms with E-state index in [0.717, 1.165) is 5.56 Å². The number of rotatable bonds is 5. The van der Waals surface area contributed by atoms with Crippen LogP contribution in [0.4, 0.5) is 22.7 Å². The van der Waals surface area contributed by atoms with Gasteiger partial charge in [-0.1, -0.05) is 36.4 Å². The maximum Gasteiger partial charge on any atom is 0.296 e. The summed E-state index contributed by atoms with van der Waals surface area (Å²) in [7, 11) is -4.56. The molecule has 0 aliphatic heterocycles. The summed E-state index contributed by atoms with van der Waals surface area (Å²) >= 11 is 4.53. The molecule has 3 N–H and O–H groups in total. The number of hydrogen-bond donors (Lipinski definition) is 4. The van der Waals surface area contributed by atoms with Crippen LogP contribution in [0.15, 0.2) is 82.6 Å². The highest BCUT2D eigenvalue weighted by Crippen LogP contribution is 2.40. The summed E-state index contributed by atoms with van der Waals surface area (Å²) in [6.45, 7) is 3.64. The van der Waals surface area contributed by atoms with E-state index in [2.05, 4.69) is 23.3 Å². The first kappa shape index (κ1) is 24.8. The number of ketones is 2. The van der Waals surface area contributed by atoms with E-state index < -0.39 is 10.1 Å². The fraction of sp³-hybridized carbons (Fsp3) is 0.0714. The predicted octanol–water partition coefficient (Wildman–Crippen LogP) is 6.10. The molecule has 5 rings (SSSR count). The van der Waals surface area contributed by atoms with Crippen molar-refractivity contribution in [3.8, 4) is 0 Å². The third-order valence-corrected chi connectivity index (χ3v) is 7.45. The summed E-state index contributed by atoms with van der Waals surface area (Å²) in [5.41, 5.74) is 3.81. The van der Waals surface area contributed by atoms with Gasteiger partial charge in [0.2, 0.25) is 0 Å². The molecule has 186 valence electrons. The van der Waals surface area contributed by atoms with Crippen molar-refractivity contribution >= 4 is 57.1 Å². The van der Waals surface area contributed by atoms with Crippen LogP contribution in [0.2, 0.25) is 0 Å². The molecule has 0 bridgehead atoms. The fourth-order valence-electron chi connectivity index (χ4n) is 4.41. The molecule has 9 heteroatoms. The van der Waals surface area contributed by atoms with Crippen molar-refractivity contribution in [3.63, 3.8) is 0 Å². The molecular weight excluding hydrogens is 508 g/mol. The number of aryl methyl sites for hydroxylation is 2. The van der Waals surface area contributed by atoms with Gasteiger partial charge >= 0.3 is 0 Å². The number of thiol groups is 1. The van der Waals surface area contributed by atoms with Crippen LogP contribution in [0.25, 0.3) is 0 Å². The number of anilines is 4. The quantitative estimate of drug-likeness (QED) is 0.160. The lowest BCUT2D eigenvalue weighted by atomic mass is 9.82. The number of hydrogen-bond acceptors (Lipinski definition) is 7. The molecule has 0 radical (unpaired) electrons. The van der Waals surface area contributed by atoms with Crippen LogP contribution in [-0.2, 0) is 10.1 Å². The maximum absolute atomic E-state index is 13.7. The molecule has 4 aromatic rings. The van der Waals surface area contributed by atoms with Gasteiger partial charge in [0.15, 0.2) is 11.6 Å². The van der Waals surface area contributed by atoms with Gasteiger partial charge in [0, 0.05) is 16.0 Å². The van der Waals surface area contributed by atoms with E-state index in [1.807, 2.05) is 25.1 Å². The van der Waals surface area contributed by atoms with Crippen molar-refractivity contribution in [3.05, 3.63) is 106 Å². The van der Waals surface area contributed by atoms with Crippen molar-refractivity contribution in [2.75, 3.05) is 10.6 Å². The standard InChI is InChI=1S/C28H22N2O5S2/c1-15-7-9-19(23(36)13-15)29-21-11-12-22(30-20-10-8-16(2)14-24(20)37(33,34)35)26-25(21)27(31)17-5-3-4-6-18(17)28(26)32/h3-14,29-30,36H,1-2H3,(H,33,34,35). The Bertz CT molecular complexity index is 1730. The smallest absolute Gasteiger partial charge is 0.296 e. The largest absolute Gasteiger partial charge is 0.354 e. The average molecular weight is 531 g/mol.